The molecule has 0 saturated heterocycles. The third kappa shape index (κ3) is 2.32. The molecule has 0 amide bonds. The van der Waals surface area contributed by atoms with Gasteiger partial charge in [-0.25, -0.2) is 0 Å². The van der Waals surface area contributed by atoms with Crippen LogP contribution in [0.3, 0.4) is 0 Å². The summed E-state index contributed by atoms with van der Waals surface area (Å²) in [6.45, 7) is 2.20. The van der Waals surface area contributed by atoms with Crippen LogP contribution in [0.2, 0.25) is 5.22 Å². The van der Waals surface area contributed by atoms with Crippen LogP contribution in [0.25, 0.3) is 0 Å². The second kappa shape index (κ2) is 5.05. The van der Waals surface area contributed by atoms with Gasteiger partial charge in [-0.1, -0.05) is 26.2 Å². The first-order chi connectivity index (χ1) is 7.72. The van der Waals surface area contributed by atoms with Gasteiger partial charge in [0.05, 0.1) is 11.8 Å². The predicted octanol–water partition coefficient (Wildman–Crippen LogP) is 4.33. The van der Waals surface area contributed by atoms with E-state index in [9.17, 15) is 4.79 Å². The van der Waals surface area contributed by atoms with E-state index in [4.69, 9.17) is 16.0 Å². The highest BCUT2D eigenvalue weighted by atomic mass is 35.5. The lowest BCUT2D eigenvalue weighted by atomic mass is 9.77. The molecular formula is C13H17ClO2. The van der Waals surface area contributed by atoms with Crippen molar-refractivity contribution in [1.29, 1.82) is 0 Å². The van der Waals surface area contributed by atoms with Gasteiger partial charge >= 0.3 is 0 Å². The van der Waals surface area contributed by atoms with Crippen molar-refractivity contribution in [3.05, 3.63) is 23.1 Å². The summed E-state index contributed by atoms with van der Waals surface area (Å²) in [5.74, 6) is 1.01. The molecule has 0 aromatic carbocycles. The maximum atomic E-state index is 12.2. The number of halogens is 1. The average Bonchev–Trinajstić information content (AvgIpc) is 2.74. The first kappa shape index (κ1) is 11.7. The minimum absolute atomic E-state index is 0.147. The molecule has 2 rings (SSSR count). The molecule has 1 aromatic heterocycles. The van der Waals surface area contributed by atoms with Crippen molar-refractivity contribution in [2.24, 2.45) is 11.8 Å². The molecule has 1 aliphatic rings. The van der Waals surface area contributed by atoms with E-state index in [1.807, 2.05) is 0 Å². The van der Waals surface area contributed by atoms with E-state index in [-0.39, 0.29) is 16.9 Å². The predicted molar refractivity (Wildman–Crippen MR) is 63.8 cm³/mol. The summed E-state index contributed by atoms with van der Waals surface area (Å²) in [7, 11) is 0. The fourth-order valence-corrected chi connectivity index (χ4v) is 2.80. The molecule has 2 atom stereocenters. The number of Topliss-reactive ketones (excluding diaryl/α,β-unsaturated/α-hetero) is 1. The molecule has 88 valence electrons. The van der Waals surface area contributed by atoms with Gasteiger partial charge in [-0.05, 0) is 36.4 Å². The highest BCUT2D eigenvalue weighted by molar-refractivity contribution is 6.32. The quantitative estimate of drug-likeness (QED) is 0.736. The van der Waals surface area contributed by atoms with E-state index in [2.05, 4.69) is 6.92 Å². The van der Waals surface area contributed by atoms with Crippen LogP contribution in [0.15, 0.2) is 16.7 Å². The lowest BCUT2D eigenvalue weighted by Crippen LogP contribution is -2.22. The third-order valence-electron chi connectivity index (χ3n) is 3.61. The van der Waals surface area contributed by atoms with Gasteiger partial charge in [0.2, 0.25) is 5.22 Å². The van der Waals surface area contributed by atoms with Crippen molar-refractivity contribution in [2.45, 2.75) is 39.0 Å². The summed E-state index contributed by atoms with van der Waals surface area (Å²) >= 11 is 5.84. The number of rotatable bonds is 3. The molecule has 1 heterocycles. The standard InChI is InChI=1S/C13H17ClO2/c1-2-9-4-3-5-10(8-9)12(15)11-6-7-16-13(11)14/h6-7,9-10H,2-5,8H2,1H3. The van der Waals surface area contributed by atoms with Gasteiger partial charge in [0.15, 0.2) is 5.78 Å². The van der Waals surface area contributed by atoms with E-state index >= 15 is 0 Å². The molecule has 16 heavy (non-hydrogen) atoms. The Labute approximate surface area is 101 Å². The molecule has 1 aromatic rings. The maximum absolute atomic E-state index is 12.2. The van der Waals surface area contributed by atoms with E-state index in [1.54, 1.807) is 6.07 Å². The van der Waals surface area contributed by atoms with Crippen molar-refractivity contribution in [1.82, 2.24) is 0 Å². The van der Waals surface area contributed by atoms with Gasteiger partial charge in [-0.3, -0.25) is 4.79 Å². The Morgan fingerprint density at radius 1 is 1.56 bits per heavy atom. The monoisotopic (exact) mass is 240 g/mol. The van der Waals surface area contributed by atoms with E-state index in [0.29, 0.717) is 11.5 Å². The van der Waals surface area contributed by atoms with E-state index in [1.165, 1.54) is 19.1 Å². The summed E-state index contributed by atoms with van der Waals surface area (Å²) in [6.07, 6.45) is 7.08. The normalized spacial score (nSPS) is 25.6. The van der Waals surface area contributed by atoms with Crippen molar-refractivity contribution in [2.75, 3.05) is 0 Å². The second-order valence-electron chi connectivity index (χ2n) is 4.61. The van der Waals surface area contributed by atoms with Crippen LogP contribution in [0.1, 0.15) is 49.4 Å². The second-order valence-corrected chi connectivity index (χ2v) is 4.95. The minimum Gasteiger partial charge on any atom is -0.452 e. The summed E-state index contributed by atoms with van der Waals surface area (Å²) in [5, 5.41) is 0.239. The van der Waals surface area contributed by atoms with Gasteiger partial charge in [0.1, 0.15) is 0 Å². The Morgan fingerprint density at radius 3 is 3.00 bits per heavy atom. The fraction of sp³-hybridized carbons (Fsp3) is 0.615. The summed E-state index contributed by atoms with van der Waals surface area (Å²) < 4.78 is 4.97. The Kier molecular flexibility index (Phi) is 3.70. The summed E-state index contributed by atoms with van der Waals surface area (Å²) in [4.78, 5) is 12.2. The largest absolute Gasteiger partial charge is 0.452 e. The van der Waals surface area contributed by atoms with E-state index in [0.717, 1.165) is 19.3 Å². The molecule has 0 radical (unpaired) electrons. The molecule has 1 saturated carbocycles. The molecule has 3 heteroatoms. The molecule has 0 bridgehead atoms. The Hall–Kier alpha value is -0.760. The van der Waals surface area contributed by atoms with Crippen molar-refractivity contribution in [3.8, 4) is 0 Å². The highest BCUT2D eigenvalue weighted by Crippen LogP contribution is 2.34. The Morgan fingerprint density at radius 2 is 2.38 bits per heavy atom. The van der Waals surface area contributed by atoms with Gasteiger partial charge in [0.25, 0.3) is 0 Å². The first-order valence-electron chi connectivity index (χ1n) is 5.99. The Bertz CT molecular complexity index is 370. The van der Waals surface area contributed by atoms with Gasteiger partial charge in [0, 0.05) is 5.92 Å². The molecule has 0 N–H and O–H groups in total. The van der Waals surface area contributed by atoms with Crippen LogP contribution in [-0.2, 0) is 0 Å². The molecule has 0 spiro atoms. The number of hydrogen-bond acceptors (Lipinski definition) is 2. The average molecular weight is 241 g/mol. The topological polar surface area (TPSA) is 30.2 Å². The van der Waals surface area contributed by atoms with Gasteiger partial charge in [-0.2, -0.15) is 0 Å². The minimum atomic E-state index is 0.147. The van der Waals surface area contributed by atoms with Crippen molar-refractivity contribution >= 4 is 17.4 Å². The highest BCUT2D eigenvalue weighted by Gasteiger charge is 2.28. The fourth-order valence-electron chi connectivity index (χ4n) is 2.59. The lowest BCUT2D eigenvalue weighted by molar-refractivity contribution is 0.0861. The molecular weight excluding hydrogens is 224 g/mol. The molecule has 1 aliphatic carbocycles. The maximum Gasteiger partial charge on any atom is 0.203 e. The smallest absolute Gasteiger partial charge is 0.203 e. The summed E-state index contributed by atoms with van der Waals surface area (Å²) in [5.41, 5.74) is 0.559. The van der Waals surface area contributed by atoms with Crippen LogP contribution >= 0.6 is 11.6 Å². The number of carbonyl (C=O) groups is 1. The zero-order valence-electron chi connectivity index (χ0n) is 9.54. The van der Waals surface area contributed by atoms with Crippen LogP contribution < -0.4 is 0 Å². The number of ketones is 1. The zero-order chi connectivity index (χ0) is 11.5. The molecule has 0 aliphatic heterocycles. The van der Waals surface area contributed by atoms with Crippen molar-refractivity contribution in [3.63, 3.8) is 0 Å². The third-order valence-corrected chi connectivity index (χ3v) is 3.91. The Balaban J connectivity index is 2.07. The zero-order valence-corrected chi connectivity index (χ0v) is 10.3. The number of hydrogen-bond donors (Lipinski definition) is 0. The van der Waals surface area contributed by atoms with Crippen LogP contribution in [0.4, 0.5) is 0 Å². The van der Waals surface area contributed by atoms with Crippen LogP contribution in [0.5, 0.6) is 0 Å². The summed E-state index contributed by atoms with van der Waals surface area (Å²) in [6, 6.07) is 1.68. The molecule has 2 unspecified atom stereocenters. The van der Waals surface area contributed by atoms with Crippen molar-refractivity contribution < 1.29 is 9.21 Å². The lowest BCUT2D eigenvalue weighted by Gasteiger charge is -2.27. The van der Waals surface area contributed by atoms with E-state index < -0.39 is 0 Å². The number of carbonyl (C=O) groups excluding carboxylic acids is 1. The molecule has 2 nitrogen and oxygen atoms in total. The van der Waals surface area contributed by atoms with Gasteiger partial charge < -0.3 is 4.42 Å². The van der Waals surface area contributed by atoms with Crippen LogP contribution in [0, 0.1) is 11.8 Å². The first-order valence-corrected chi connectivity index (χ1v) is 6.37. The molecule has 1 fully saturated rings. The van der Waals surface area contributed by atoms with Gasteiger partial charge in [-0.15, -0.1) is 0 Å². The number of furan rings is 1. The van der Waals surface area contributed by atoms with Crippen LogP contribution in [-0.4, -0.2) is 5.78 Å². The SMILES string of the molecule is CCC1CCCC(C(=O)c2ccoc2Cl)C1.